The summed E-state index contributed by atoms with van der Waals surface area (Å²) in [4.78, 5) is 26.5. The van der Waals surface area contributed by atoms with E-state index in [4.69, 9.17) is 9.47 Å². The predicted molar refractivity (Wildman–Crippen MR) is 163 cm³/mol. The quantitative estimate of drug-likeness (QED) is 0.253. The maximum atomic E-state index is 13.7. The third-order valence-electron chi connectivity index (χ3n) is 6.25. The van der Waals surface area contributed by atoms with Crippen molar-refractivity contribution in [3.63, 3.8) is 0 Å². The highest BCUT2D eigenvalue weighted by molar-refractivity contribution is 8.03. The first kappa shape index (κ1) is 29.3. The van der Waals surface area contributed by atoms with Gasteiger partial charge in [-0.3, -0.25) is 9.59 Å². The summed E-state index contributed by atoms with van der Waals surface area (Å²) >= 11 is 1.21. The van der Waals surface area contributed by atoms with Crippen LogP contribution in [0.25, 0.3) is 0 Å². The lowest BCUT2D eigenvalue weighted by Gasteiger charge is -2.30. The van der Waals surface area contributed by atoms with E-state index in [9.17, 15) is 14.9 Å². The lowest BCUT2D eigenvalue weighted by atomic mass is 9.81. The molecule has 1 aliphatic heterocycles. The molecule has 4 rings (SSSR count). The summed E-state index contributed by atoms with van der Waals surface area (Å²) in [5.41, 5.74) is 3.30. The van der Waals surface area contributed by atoms with Gasteiger partial charge >= 0.3 is 0 Å². The number of benzene rings is 3. The molecule has 9 heteroatoms. The minimum absolute atomic E-state index is 0.0549. The first-order valence-corrected chi connectivity index (χ1v) is 14.3. The number of carbonyl (C=O) groups excluding carboxylic acids is 2. The number of dihydropyridines is 1. The molecule has 2 amide bonds. The number of anilines is 2. The Hall–Kier alpha value is -4.68. The van der Waals surface area contributed by atoms with Crippen LogP contribution in [0.3, 0.4) is 0 Å². The number of nitrogens with one attached hydrogen (secondary N) is 3. The second-order valence-electron chi connectivity index (χ2n) is 9.04. The van der Waals surface area contributed by atoms with Gasteiger partial charge in [-0.05, 0) is 63.2 Å². The molecule has 1 heterocycles. The minimum atomic E-state index is -0.704. The van der Waals surface area contributed by atoms with E-state index >= 15 is 0 Å². The Kier molecular flexibility index (Phi) is 10.1. The lowest BCUT2D eigenvalue weighted by molar-refractivity contribution is -0.114. The van der Waals surface area contributed by atoms with Crippen LogP contribution in [0.2, 0.25) is 0 Å². The fourth-order valence-electron chi connectivity index (χ4n) is 4.50. The van der Waals surface area contributed by atoms with Crippen LogP contribution < -0.4 is 25.4 Å². The van der Waals surface area contributed by atoms with Gasteiger partial charge in [0.15, 0.2) is 0 Å². The normalized spacial score (nSPS) is 14.5. The zero-order valence-electron chi connectivity index (χ0n) is 23.2. The van der Waals surface area contributed by atoms with Crippen molar-refractivity contribution in [2.75, 3.05) is 29.6 Å². The first-order chi connectivity index (χ1) is 19.9. The largest absolute Gasteiger partial charge is 0.494 e. The number of hydrogen-bond acceptors (Lipinski definition) is 7. The second kappa shape index (κ2) is 14.1. The van der Waals surface area contributed by atoms with E-state index < -0.39 is 5.92 Å². The van der Waals surface area contributed by atoms with Crippen LogP contribution in [-0.4, -0.2) is 30.8 Å². The van der Waals surface area contributed by atoms with E-state index in [0.717, 1.165) is 5.75 Å². The number of nitrogens with zero attached hydrogens (tertiary/aromatic N) is 1. The number of thioether (sulfide) groups is 1. The van der Waals surface area contributed by atoms with E-state index in [-0.39, 0.29) is 17.6 Å². The third-order valence-corrected chi connectivity index (χ3v) is 7.27. The zero-order valence-corrected chi connectivity index (χ0v) is 24.0. The SMILES string of the molecule is CCOc1ccc(NC(=O)CSC2=C(C#N)[C@H](c3ccccc3OCC)C(C(=O)Nc3ccccc3)=C(C)N2)cc1. The van der Waals surface area contributed by atoms with Crippen LogP contribution in [0.4, 0.5) is 11.4 Å². The highest BCUT2D eigenvalue weighted by Crippen LogP contribution is 2.44. The van der Waals surface area contributed by atoms with Crippen LogP contribution in [0, 0.1) is 11.3 Å². The molecular weight excluding hydrogens is 536 g/mol. The molecule has 8 nitrogen and oxygen atoms in total. The molecule has 0 radical (unpaired) electrons. The van der Waals surface area contributed by atoms with Gasteiger partial charge in [0.2, 0.25) is 5.91 Å². The van der Waals surface area contributed by atoms with Crippen LogP contribution >= 0.6 is 11.8 Å². The number of nitriles is 1. The van der Waals surface area contributed by atoms with Crippen LogP contribution in [-0.2, 0) is 9.59 Å². The average Bonchev–Trinajstić information content (AvgIpc) is 2.98. The first-order valence-electron chi connectivity index (χ1n) is 13.3. The molecule has 0 unspecified atom stereocenters. The van der Waals surface area contributed by atoms with Gasteiger partial charge in [0.1, 0.15) is 11.5 Å². The molecule has 1 atom stereocenters. The van der Waals surface area contributed by atoms with Gasteiger partial charge in [-0.1, -0.05) is 48.2 Å². The van der Waals surface area contributed by atoms with Crippen molar-refractivity contribution >= 4 is 35.0 Å². The van der Waals surface area contributed by atoms with Crippen molar-refractivity contribution in [3.8, 4) is 17.6 Å². The summed E-state index contributed by atoms with van der Waals surface area (Å²) in [7, 11) is 0. The Labute approximate surface area is 244 Å². The number of allylic oxidation sites excluding steroid dienone is 2. The van der Waals surface area contributed by atoms with Gasteiger partial charge < -0.3 is 25.4 Å². The Morgan fingerprint density at radius 1 is 0.902 bits per heavy atom. The number of rotatable bonds is 11. The van der Waals surface area contributed by atoms with Crippen molar-refractivity contribution in [2.45, 2.75) is 26.7 Å². The molecule has 0 saturated heterocycles. The summed E-state index contributed by atoms with van der Waals surface area (Å²) in [5.74, 6) is 0.102. The highest BCUT2D eigenvalue weighted by Gasteiger charge is 2.36. The molecule has 0 aromatic heterocycles. The van der Waals surface area contributed by atoms with Crippen molar-refractivity contribution in [3.05, 3.63) is 106 Å². The molecule has 210 valence electrons. The van der Waals surface area contributed by atoms with Crippen molar-refractivity contribution < 1.29 is 19.1 Å². The topological polar surface area (TPSA) is 112 Å². The van der Waals surface area contributed by atoms with Crippen LogP contribution in [0.15, 0.2) is 101 Å². The number of ether oxygens (including phenoxy) is 2. The van der Waals surface area contributed by atoms with Crippen molar-refractivity contribution in [1.29, 1.82) is 5.26 Å². The van der Waals surface area contributed by atoms with E-state index in [1.807, 2.05) is 56.3 Å². The number of hydrogen-bond donors (Lipinski definition) is 3. The van der Waals surface area contributed by atoms with Gasteiger partial charge in [-0.15, -0.1) is 0 Å². The van der Waals surface area contributed by atoms with Gasteiger partial charge in [0.05, 0.1) is 41.6 Å². The summed E-state index contributed by atoms with van der Waals surface area (Å²) in [5, 5.41) is 20.0. The minimum Gasteiger partial charge on any atom is -0.494 e. The number of para-hydroxylation sites is 2. The summed E-state index contributed by atoms with van der Waals surface area (Å²) in [6.07, 6.45) is 0. The smallest absolute Gasteiger partial charge is 0.254 e. The zero-order chi connectivity index (χ0) is 29.2. The maximum Gasteiger partial charge on any atom is 0.254 e. The fraction of sp³-hybridized carbons (Fsp3) is 0.219. The van der Waals surface area contributed by atoms with Gasteiger partial charge in [-0.2, -0.15) is 5.26 Å². The molecule has 1 aliphatic rings. The van der Waals surface area contributed by atoms with E-state index in [2.05, 4.69) is 22.0 Å². The third kappa shape index (κ3) is 7.29. The van der Waals surface area contributed by atoms with Crippen molar-refractivity contribution in [1.82, 2.24) is 5.32 Å². The molecule has 3 N–H and O–H groups in total. The Balaban J connectivity index is 1.63. The summed E-state index contributed by atoms with van der Waals surface area (Å²) in [6, 6.07) is 26.0. The average molecular weight is 569 g/mol. The van der Waals surface area contributed by atoms with E-state index in [1.54, 1.807) is 43.3 Å². The monoisotopic (exact) mass is 568 g/mol. The molecule has 41 heavy (non-hydrogen) atoms. The Morgan fingerprint density at radius 2 is 1.56 bits per heavy atom. The fourth-order valence-corrected chi connectivity index (χ4v) is 5.39. The molecule has 0 bridgehead atoms. The maximum absolute atomic E-state index is 13.7. The summed E-state index contributed by atoms with van der Waals surface area (Å²) in [6.45, 7) is 6.58. The highest BCUT2D eigenvalue weighted by atomic mass is 32.2. The molecule has 0 saturated carbocycles. The molecule has 0 fully saturated rings. The molecule has 0 aliphatic carbocycles. The van der Waals surface area contributed by atoms with E-state index in [1.165, 1.54) is 11.8 Å². The molecule has 3 aromatic rings. The van der Waals surface area contributed by atoms with Gasteiger partial charge in [-0.25, -0.2) is 0 Å². The second-order valence-corrected chi connectivity index (χ2v) is 10.0. The molecule has 0 spiro atoms. The number of carbonyl (C=O) groups is 2. The van der Waals surface area contributed by atoms with Crippen LogP contribution in [0.5, 0.6) is 11.5 Å². The van der Waals surface area contributed by atoms with Crippen molar-refractivity contribution in [2.24, 2.45) is 0 Å². The molecule has 3 aromatic carbocycles. The van der Waals surface area contributed by atoms with Gasteiger partial charge in [0.25, 0.3) is 5.91 Å². The van der Waals surface area contributed by atoms with Gasteiger partial charge in [0, 0.05) is 28.2 Å². The Morgan fingerprint density at radius 3 is 2.24 bits per heavy atom. The lowest BCUT2D eigenvalue weighted by Crippen LogP contribution is -2.31. The van der Waals surface area contributed by atoms with Crippen LogP contribution in [0.1, 0.15) is 32.3 Å². The van der Waals surface area contributed by atoms with E-state index in [0.29, 0.717) is 57.8 Å². The Bertz CT molecular complexity index is 1490. The predicted octanol–water partition coefficient (Wildman–Crippen LogP) is 6.19. The number of amides is 2. The standard InChI is InChI=1S/C32H32N4O4S/c1-4-39-24-17-15-23(16-18-24)35-28(37)20-41-32-26(19-33)30(25-13-9-10-14-27(25)40-5-2)29(21(3)34-32)31(38)36-22-11-7-6-8-12-22/h6-18,30,34H,4-5,20H2,1-3H3,(H,35,37)(H,36,38)/t30-/m0/s1. The summed E-state index contributed by atoms with van der Waals surface area (Å²) < 4.78 is 11.4. The molecular formula is C32H32N4O4S.